The van der Waals surface area contributed by atoms with Crippen molar-refractivity contribution < 1.29 is 40.8 Å². The highest BCUT2D eigenvalue weighted by atomic mass is 31.2. The molecule has 0 aromatic heterocycles. The van der Waals surface area contributed by atoms with E-state index in [4.69, 9.17) is 27.1 Å². The van der Waals surface area contributed by atoms with Crippen LogP contribution in [-0.2, 0) is 40.8 Å². The molecule has 0 radical (unpaired) electrons. The maximum atomic E-state index is 13.2. The van der Waals surface area contributed by atoms with Gasteiger partial charge in [-0.15, -0.1) is 0 Å². The zero-order valence-corrected chi connectivity index (χ0v) is 21.1. The molecule has 9 nitrogen and oxygen atoms in total. The summed E-state index contributed by atoms with van der Waals surface area (Å²) in [7, 11) is -9.56. The summed E-state index contributed by atoms with van der Waals surface area (Å²) in [5, 5.41) is 0. The lowest BCUT2D eigenvalue weighted by atomic mass is 9.82. The maximum Gasteiger partial charge on any atom is 0.328 e. The van der Waals surface area contributed by atoms with Crippen LogP contribution in [-0.4, -0.2) is 58.6 Å². The summed E-state index contributed by atoms with van der Waals surface area (Å²) in [5.41, 5.74) is -1.15. The minimum atomic E-state index is -3.47. The molecule has 12 heteroatoms. The van der Waals surface area contributed by atoms with Gasteiger partial charge in [0.15, 0.2) is 0 Å². The molecule has 0 spiro atoms. The first-order chi connectivity index (χ1) is 13.2. The average molecular weight is 476 g/mol. The van der Waals surface area contributed by atoms with Gasteiger partial charge in [-0.25, -0.2) is 0 Å². The van der Waals surface area contributed by atoms with Gasteiger partial charge in [-0.3, -0.25) is 13.7 Å². The van der Waals surface area contributed by atoms with Crippen molar-refractivity contribution in [3.05, 3.63) is 0 Å². The van der Waals surface area contributed by atoms with E-state index >= 15 is 0 Å². The van der Waals surface area contributed by atoms with Crippen LogP contribution in [0.2, 0.25) is 0 Å². The summed E-state index contributed by atoms with van der Waals surface area (Å²) in [5.74, 6) is 0. The lowest BCUT2D eigenvalue weighted by Crippen LogP contribution is -2.46. The summed E-state index contributed by atoms with van der Waals surface area (Å²) >= 11 is 0. The standard InChI is InChI=1S/C17H35O9P3/c1-8-16(10-21-27(5,18)22-11-16)14(3)25-29(7,20)26-15(4)17(9-2)12-23-28(6,19)24-13-17/h14-15H,8-13H2,1-7H3. The summed E-state index contributed by atoms with van der Waals surface area (Å²) in [6.07, 6.45) is 0.248. The Balaban J connectivity index is 2.05. The molecule has 2 fully saturated rings. The van der Waals surface area contributed by atoms with Crippen molar-refractivity contribution in [3.63, 3.8) is 0 Å². The number of hydrogen-bond donors (Lipinski definition) is 0. The molecule has 0 aromatic rings. The molecule has 0 amide bonds. The zero-order valence-electron chi connectivity index (χ0n) is 18.4. The fraction of sp³-hybridized carbons (Fsp3) is 1.00. The van der Waals surface area contributed by atoms with Crippen LogP contribution >= 0.6 is 22.8 Å². The molecule has 29 heavy (non-hydrogen) atoms. The smallest absolute Gasteiger partial charge is 0.308 e. The van der Waals surface area contributed by atoms with Crippen LogP contribution in [0.4, 0.5) is 0 Å². The van der Waals surface area contributed by atoms with E-state index < -0.39 is 45.8 Å². The molecular formula is C17H35O9P3. The molecule has 2 aliphatic heterocycles. The first-order valence-corrected chi connectivity index (χ1v) is 15.8. The summed E-state index contributed by atoms with van der Waals surface area (Å²) in [4.78, 5) is 0. The predicted molar refractivity (Wildman–Crippen MR) is 111 cm³/mol. The van der Waals surface area contributed by atoms with E-state index in [1.165, 1.54) is 20.0 Å². The van der Waals surface area contributed by atoms with Gasteiger partial charge in [0.2, 0.25) is 0 Å². The lowest BCUT2D eigenvalue weighted by molar-refractivity contribution is -0.0756. The van der Waals surface area contributed by atoms with Gasteiger partial charge in [0.05, 0.1) is 38.6 Å². The Kier molecular flexibility index (Phi) is 8.10. The van der Waals surface area contributed by atoms with Crippen LogP contribution in [0.5, 0.6) is 0 Å². The monoisotopic (exact) mass is 476 g/mol. The Morgan fingerprint density at radius 3 is 1.34 bits per heavy atom. The average Bonchev–Trinajstić information content (AvgIpc) is 2.61. The fourth-order valence-corrected chi connectivity index (χ4v) is 7.18. The summed E-state index contributed by atoms with van der Waals surface area (Å²) in [6, 6.07) is 0. The fourth-order valence-electron chi connectivity index (χ4n) is 3.42. The molecule has 2 heterocycles. The molecule has 2 rings (SSSR count). The lowest BCUT2D eigenvalue weighted by Gasteiger charge is -2.44. The third-order valence-electron chi connectivity index (χ3n) is 6.18. The van der Waals surface area contributed by atoms with Gasteiger partial charge < -0.3 is 27.1 Å². The molecule has 0 aliphatic carbocycles. The Hall–Kier alpha value is 0.450. The Morgan fingerprint density at radius 2 is 1.10 bits per heavy atom. The van der Waals surface area contributed by atoms with E-state index in [1.807, 2.05) is 13.8 Å². The number of rotatable bonds is 8. The maximum absolute atomic E-state index is 13.2. The van der Waals surface area contributed by atoms with Crippen LogP contribution in [0.15, 0.2) is 0 Å². The second-order valence-electron chi connectivity index (χ2n) is 8.33. The molecular weight excluding hydrogens is 441 g/mol. The number of hydrogen-bond acceptors (Lipinski definition) is 9. The molecule has 0 N–H and O–H groups in total. The molecule has 2 saturated heterocycles. The second-order valence-corrected chi connectivity index (χ2v) is 14.4. The van der Waals surface area contributed by atoms with Crippen LogP contribution in [0.3, 0.4) is 0 Å². The van der Waals surface area contributed by atoms with Gasteiger partial charge in [0, 0.05) is 30.8 Å². The van der Waals surface area contributed by atoms with Gasteiger partial charge in [0.25, 0.3) is 0 Å². The van der Waals surface area contributed by atoms with E-state index in [0.717, 1.165) is 0 Å². The van der Waals surface area contributed by atoms with Crippen LogP contribution in [0, 0.1) is 10.8 Å². The van der Waals surface area contributed by atoms with Crippen molar-refractivity contribution in [3.8, 4) is 0 Å². The highest BCUT2D eigenvalue weighted by Gasteiger charge is 2.48. The summed E-state index contributed by atoms with van der Waals surface area (Å²) in [6.45, 7) is 12.6. The SMILES string of the molecule is CCC1(C(C)OP(C)(=O)OC(C)C2(CC)COP(C)(=O)OC2)COP(C)(=O)OC1. The zero-order chi connectivity index (χ0) is 22.1. The molecule has 2 aliphatic rings. The third-order valence-corrected chi connectivity index (χ3v) is 9.97. The van der Waals surface area contributed by atoms with Gasteiger partial charge in [0.1, 0.15) is 0 Å². The Morgan fingerprint density at radius 1 is 0.828 bits per heavy atom. The topological polar surface area (TPSA) is 107 Å². The molecule has 0 saturated carbocycles. The largest absolute Gasteiger partial charge is 0.328 e. The third kappa shape index (κ3) is 6.25. The highest BCUT2D eigenvalue weighted by Crippen LogP contribution is 2.58. The van der Waals surface area contributed by atoms with Crippen LogP contribution in [0.25, 0.3) is 0 Å². The van der Waals surface area contributed by atoms with Crippen molar-refractivity contribution in [2.75, 3.05) is 46.4 Å². The van der Waals surface area contributed by atoms with Gasteiger partial charge in [-0.1, -0.05) is 13.8 Å². The van der Waals surface area contributed by atoms with E-state index in [1.54, 1.807) is 13.8 Å². The highest BCUT2D eigenvalue weighted by molar-refractivity contribution is 7.53. The molecule has 172 valence electrons. The van der Waals surface area contributed by atoms with E-state index in [9.17, 15) is 13.7 Å². The van der Waals surface area contributed by atoms with Crippen molar-refractivity contribution in [1.29, 1.82) is 0 Å². The van der Waals surface area contributed by atoms with E-state index in [2.05, 4.69) is 0 Å². The minimum Gasteiger partial charge on any atom is -0.308 e. The van der Waals surface area contributed by atoms with Crippen molar-refractivity contribution in [1.82, 2.24) is 0 Å². The quantitative estimate of drug-likeness (QED) is 0.440. The van der Waals surface area contributed by atoms with Crippen molar-refractivity contribution in [2.24, 2.45) is 10.8 Å². The first-order valence-electron chi connectivity index (χ1n) is 9.88. The molecule has 0 bridgehead atoms. The Bertz CT molecular complexity index is 645. The Labute approximate surface area is 174 Å². The predicted octanol–water partition coefficient (Wildman–Crippen LogP) is 5.15. The minimum absolute atomic E-state index is 0.195. The van der Waals surface area contributed by atoms with Gasteiger partial charge in [-0.2, -0.15) is 0 Å². The van der Waals surface area contributed by atoms with Crippen molar-refractivity contribution in [2.45, 2.75) is 52.7 Å². The van der Waals surface area contributed by atoms with E-state index in [0.29, 0.717) is 12.8 Å². The van der Waals surface area contributed by atoms with Crippen molar-refractivity contribution >= 4 is 22.8 Å². The van der Waals surface area contributed by atoms with Gasteiger partial charge in [-0.05, 0) is 26.7 Å². The summed E-state index contributed by atoms with van der Waals surface area (Å²) < 4.78 is 70.5. The second kappa shape index (κ2) is 9.13. The molecule has 0 aromatic carbocycles. The van der Waals surface area contributed by atoms with E-state index in [-0.39, 0.29) is 26.4 Å². The van der Waals surface area contributed by atoms with Gasteiger partial charge >= 0.3 is 22.8 Å². The molecule has 2 unspecified atom stereocenters. The van der Waals surface area contributed by atoms with Crippen LogP contribution in [0.1, 0.15) is 40.5 Å². The normalized spacial score (nSPS) is 42.7. The first kappa shape index (κ1) is 25.7. The van der Waals surface area contributed by atoms with Crippen LogP contribution < -0.4 is 0 Å². The molecule has 2 atom stereocenters.